The van der Waals surface area contributed by atoms with Crippen LogP contribution in [-0.2, 0) is 14.8 Å². The molecule has 2 aromatic rings. The molecule has 0 spiro atoms. The van der Waals surface area contributed by atoms with Gasteiger partial charge in [0, 0.05) is 31.3 Å². The van der Waals surface area contributed by atoms with Gasteiger partial charge < -0.3 is 4.74 Å². The topological polar surface area (TPSA) is 72.7 Å². The number of thiazole rings is 1. The van der Waals surface area contributed by atoms with Crippen LogP contribution in [0.5, 0.6) is 0 Å². The number of sulfonamides is 1. The van der Waals surface area contributed by atoms with E-state index in [4.69, 9.17) is 16.3 Å². The van der Waals surface area contributed by atoms with E-state index in [2.05, 4.69) is 23.6 Å². The molecule has 0 aliphatic rings. The SMILES string of the molecule is CC(C)COCCCNS(=O)(=O)c1c(Cl)nc2sccn12. The lowest BCUT2D eigenvalue weighted by atomic mass is 10.2. The zero-order chi connectivity index (χ0) is 15.5. The first kappa shape index (κ1) is 16.7. The summed E-state index contributed by atoms with van der Waals surface area (Å²) >= 11 is 7.25. The zero-order valence-electron chi connectivity index (χ0n) is 11.9. The fourth-order valence-corrected chi connectivity index (χ4v) is 4.27. The minimum absolute atomic E-state index is 0.00888. The van der Waals surface area contributed by atoms with Crippen LogP contribution < -0.4 is 4.72 Å². The Labute approximate surface area is 133 Å². The van der Waals surface area contributed by atoms with E-state index >= 15 is 0 Å². The van der Waals surface area contributed by atoms with Gasteiger partial charge in [0.15, 0.2) is 15.1 Å². The highest BCUT2D eigenvalue weighted by atomic mass is 35.5. The number of rotatable bonds is 8. The summed E-state index contributed by atoms with van der Waals surface area (Å²) in [6.45, 7) is 5.63. The molecule has 2 aromatic heterocycles. The van der Waals surface area contributed by atoms with Crippen molar-refractivity contribution in [2.75, 3.05) is 19.8 Å². The molecule has 0 atom stereocenters. The van der Waals surface area contributed by atoms with Gasteiger partial charge in [0.2, 0.25) is 0 Å². The predicted molar refractivity (Wildman–Crippen MR) is 83.5 cm³/mol. The molecule has 2 heterocycles. The van der Waals surface area contributed by atoms with Crippen LogP contribution in [0.1, 0.15) is 20.3 Å². The number of nitrogens with zero attached hydrogens (tertiary/aromatic N) is 2. The van der Waals surface area contributed by atoms with Gasteiger partial charge in [-0.05, 0) is 12.3 Å². The molecule has 9 heteroatoms. The van der Waals surface area contributed by atoms with Crippen LogP contribution in [-0.4, -0.2) is 37.6 Å². The van der Waals surface area contributed by atoms with Crippen LogP contribution in [0.25, 0.3) is 4.96 Å². The number of ether oxygens (including phenoxy) is 1. The quantitative estimate of drug-likeness (QED) is 0.741. The molecule has 0 saturated heterocycles. The molecule has 0 unspecified atom stereocenters. The monoisotopic (exact) mass is 351 g/mol. The first-order valence-electron chi connectivity index (χ1n) is 6.60. The molecule has 2 rings (SSSR count). The predicted octanol–water partition coefficient (Wildman–Crippen LogP) is 2.39. The van der Waals surface area contributed by atoms with E-state index in [9.17, 15) is 8.42 Å². The summed E-state index contributed by atoms with van der Waals surface area (Å²) in [7, 11) is -3.68. The molecule has 1 N–H and O–H groups in total. The van der Waals surface area contributed by atoms with Crippen molar-refractivity contribution in [3.05, 3.63) is 16.7 Å². The second kappa shape index (κ2) is 7.06. The molecule has 0 aromatic carbocycles. The summed E-state index contributed by atoms with van der Waals surface area (Å²) in [4.78, 5) is 4.58. The smallest absolute Gasteiger partial charge is 0.259 e. The number of imidazole rings is 1. The third-order valence-electron chi connectivity index (χ3n) is 2.64. The molecule has 6 nitrogen and oxygen atoms in total. The van der Waals surface area contributed by atoms with Gasteiger partial charge in [0.25, 0.3) is 10.0 Å². The Morgan fingerprint density at radius 1 is 1.52 bits per heavy atom. The molecule has 0 aliphatic heterocycles. The van der Waals surface area contributed by atoms with Crippen molar-refractivity contribution < 1.29 is 13.2 Å². The molecule has 0 fully saturated rings. The maximum atomic E-state index is 12.3. The van der Waals surface area contributed by atoms with Gasteiger partial charge in [0.05, 0.1) is 0 Å². The number of halogens is 1. The van der Waals surface area contributed by atoms with Crippen molar-refractivity contribution in [2.24, 2.45) is 5.92 Å². The lowest BCUT2D eigenvalue weighted by Crippen LogP contribution is -2.27. The maximum Gasteiger partial charge on any atom is 0.259 e. The van der Waals surface area contributed by atoms with Crippen LogP contribution in [0.15, 0.2) is 16.6 Å². The van der Waals surface area contributed by atoms with E-state index in [1.165, 1.54) is 15.7 Å². The molecule has 21 heavy (non-hydrogen) atoms. The Hall–Kier alpha value is -0.670. The van der Waals surface area contributed by atoms with Gasteiger partial charge in [-0.15, -0.1) is 11.3 Å². The Morgan fingerprint density at radius 2 is 2.29 bits per heavy atom. The van der Waals surface area contributed by atoms with Gasteiger partial charge >= 0.3 is 0 Å². The highest BCUT2D eigenvalue weighted by Gasteiger charge is 2.24. The standard InChI is InChI=1S/C12H18ClN3O3S2/c1-9(2)8-19-6-3-4-14-21(17,18)11-10(13)15-12-16(11)5-7-20-12/h5,7,9,14H,3-4,6,8H2,1-2H3. The average molecular weight is 352 g/mol. The normalized spacial score (nSPS) is 12.6. The second-order valence-electron chi connectivity index (χ2n) is 4.98. The van der Waals surface area contributed by atoms with Crippen molar-refractivity contribution in [3.8, 4) is 0 Å². The molecule has 0 bridgehead atoms. The van der Waals surface area contributed by atoms with Crippen LogP contribution in [0, 0.1) is 5.92 Å². The summed E-state index contributed by atoms with van der Waals surface area (Å²) in [5.41, 5.74) is 0. The van der Waals surface area contributed by atoms with E-state index in [1.807, 2.05) is 0 Å². The van der Waals surface area contributed by atoms with Crippen LogP contribution in [0.4, 0.5) is 0 Å². The van der Waals surface area contributed by atoms with Gasteiger partial charge in [-0.1, -0.05) is 25.4 Å². The largest absolute Gasteiger partial charge is 0.381 e. The highest BCUT2D eigenvalue weighted by Crippen LogP contribution is 2.25. The fourth-order valence-electron chi connectivity index (χ4n) is 1.75. The van der Waals surface area contributed by atoms with E-state index in [0.717, 1.165) is 0 Å². The van der Waals surface area contributed by atoms with Crippen molar-refractivity contribution in [1.82, 2.24) is 14.1 Å². The van der Waals surface area contributed by atoms with Crippen molar-refractivity contribution in [1.29, 1.82) is 0 Å². The summed E-state index contributed by atoms with van der Waals surface area (Å²) < 4.78 is 34.0. The average Bonchev–Trinajstić information content (AvgIpc) is 2.92. The van der Waals surface area contributed by atoms with E-state index < -0.39 is 10.0 Å². The first-order valence-corrected chi connectivity index (χ1v) is 9.34. The van der Waals surface area contributed by atoms with Crippen LogP contribution in [0.3, 0.4) is 0 Å². The van der Waals surface area contributed by atoms with Crippen LogP contribution in [0.2, 0.25) is 5.15 Å². The Bertz CT molecular complexity index is 694. The number of hydrogen-bond acceptors (Lipinski definition) is 5. The van der Waals surface area contributed by atoms with E-state index in [1.54, 1.807) is 11.6 Å². The van der Waals surface area contributed by atoms with Gasteiger partial charge in [-0.3, -0.25) is 4.40 Å². The Morgan fingerprint density at radius 3 is 3.00 bits per heavy atom. The van der Waals surface area contributed by atoms with E-state index in [-0.39, 0.29) is 10.2 Å². The maximum absolute atomic E-state index is 12.3. The van der Waals surface area contributed by atoms with Gasteiger partial charge in [0.1, 0.15) is 0 Å². The molecule has 118 valence electrons. The summed E-state index contributed by atoms with van der Waals surface area (Å²) in [5.74, 6) is 0.471. The van der Waals surface area contributed by atoms with Crippen molar-refractivity contribution in [2.45, 2.75) is 25.3 Å². The molecule has 0 saturated carbocycles. The fraction of sp³-hybridized carbons (Fsp3) is 0.583. The number of fused-ring (bicyclic) bond motifs is 1. The molecule has 0 aliphatic carbocycles. The summed E-state index contributed by atoms with van der Waals surface area (Å²) in [5, 5.41) is 1.74. The molecule has 0 radical (unpaired) electrons. The number of nitrogens with one attached hydrogen (secondary N) is 1. The minimum Gasteiger partial charge on any atom is -0.381 e. The van der Waals surface area contributed by atoms with Crippen LogP contribution >= 0.6 is 22.9 Å². The van der Waals surface area contributed by atoms with Crippen molar-refractivity contribution >= 4 is 37.9 Å². The zero-order valence-corrected chi connectivity index (χ0v) is 14.3. The minimum atomic E-state index is -3.68. The Balaban J connectivity index is 1.93. The lowest BCUT2D eigenvalue weighted by molar-refractivity contribution is 0.108. The summed E-state index contributed by atoms with van der Waals surface area (Å²) in [6, 6.07) is 0. The van der Waals surface area contributed by atoms with E-state index in [0.29, 0.717) is 37.1 Å². The molecular formula is C12H18ClN3O3S2. The Kier molecular flexibility index (Phi) is 5.61. The molecule has 0 amide bonds. The number of hydrogen-bond donors (Lipinski definition) is 1. The van der Waals surface area contributed by atoms with Gasteiger partial charge in [-0.25, -0.2) is 18.1 Å². The lowest BCUT2D eigenvalue weighted by Gasteiger charge is -2.08. The third-order valence-corrected chi connectivity index (χ3v) is 5.26. The molecular weight excluding hydrogens is 334 g/mol. The highest BCUT2D eigenvalue weighted by molar-refractivity contribution is 7.89. The third kappa shape index (κ3) is 4.17. The van der Waals surface area contributed by atoms with Crippen molar-refractivity contribution in [3.63, 3.8) is 0 Å². The first-order chi connectivity index (χ1) is 9.92. The van der Waals surface area contributed by atoms with Gasteiger partial charge in [-0.2, -0.15) is 0 Å². The number of aromatic nitrogens is 2. The summed E-state index contributed by atoms with van der Waals surface area (Å²) in [6.07, 6.45) is 2.24. The second-order valence-corrected chi connectivity index (χ2v) is 7.90.